The standard InChI is InChI=1S/C10H8BrClF4O/c1-17-7-3-2-5(11)4-6(7)8(12)10(15,16)9(13)14/h2-4,8-9H,1H3. The van der Waals surface area contributed by atoms with Crippen molar-refractivity contribution in [1.29, 1.82) is 0 Å². The lowest BCUT2D eigenvalue weighted by molar-refractivity contribution is -0.130. The van der Waals surface area contributed by atoms with Crippen molar-refractivity contribution in [2.24, 2.45) is 0 Å². The van der Waals surface area contributed by atoms with Gasteiger partial charge in [0.2, 0.25) is 0 Å². The minimum Gasteiger partial charge on any atom is -0.496 e. The summed E-state index contributed by atoms with van der Waals surface area (Å²) in [7, 11) is 1.25. The second kappa shape index (κ2) is 5.44. The van der Waals surface area contributed by atoms with Crippen molar-refractivity contribution in [2.75, 3.05) is 7.11 Å². The Kier molecular flexibility index (Phi) is 4.66. The molecular weight excluding hydrogens is 327 g/mol. The third kappa shape index (κ3) is 3.04. The number of hydrogen-bond acceptors (Lipinski definition) is 1. The first-order valence-electron chi connectivity index (χ1n) is 4.44. The molecule has 96 valence electrons. The highest BCUT2D eigenvalue weighted by molar-refractivity contribution is 9.10. The average Bonchev–Trinajstić information content (AvgIpc) is 2.27. The van der Waals surface area contributed by atoms with Gasteiger partial charge in [-0.05, 0) is 18.2 Å². The maximum atomic E-state index is 13.1. The molecule has 0 fully saturated rings. The highest BCUT2D eigenvalue weighted by atomic mass is 79.9. The Morgan fingerprint density at radius 3 is 2.41 bits per heavy atom. The van der Waals surface area contributed by atoms with Crippen LogP contribution in [0.4, 0.5) is 17.6 Å². The maximum Gasteiger partial charge on any atom is 0.327 e. The lowest BCUT2D eigenvalue weighted by Crippen LogP contribution is -2.31. The zero-order chi connectivity index (χ0) is 13.2. The van der Waals surface area contributed by atoms with Gasteiger partial charge in [-0.3, -0.25) is 0 Å². The predicted octanol–water partition coefficient (Wildman–Crippen LogP) is 4.64. The highest BCUT2D eigenvalue weighted by Crippen LogP contribution is 2.44. The molecule has 0 N–H and O–H groups in total. The van der Waals surface area contributed by atoms with Crippen LogP contribution in [0.25, 0.3) is 0 Å². The Labute approximate surface area is 109 Å². The molecule has 0 aliphatic carbocycles. The van der Waals surface area contributed by atoms with Gasteiger partial charge in [-0.15, -0.1) is 11.6 Å². The lowest BCUT2D eigenvalue weighted by atomic mass is 10.1. The molecule has 0 aliphatic rings. The number of ether oxygens (including phenoxy) is 1. The van der Waals surface area contributed by atoms with Gasteiger partial charge in [0.15, 0.2) is 0 Å². The number of benzene rings is 1. The summed E-state index contributed by atoms with van der Waals surface area (Å²) in [5, 5.41) is -2.16. The van der Waals surface area contributed by atoms with E-state index in [-0.39, 0.29) is 11.3 Å². The van der Waals surface area contributed by atoms with Gasteiger partial charge in [-0.25, -0.2) is 8.78 Å². The van der Waals surface area contributed by atoms with Crippen LogP contribution in [-0.2, 0) is 0 Å². The molecule has 0 saturated heterocycles. The average molecular weight is 336 g/mol. The molecule has 0 spiro atoms. The molecule has 7 heteroatoms. The molecule has 0 heterocycles. The minimum atomic E-state index is -4.32. The predicted molar refractivity (Wildman–Crippen MR) is 60.2 cm³/mol. The Morgan fingerprint density at radius 2 is 1.94 bits per heavy atom. The van der Waals surface area contributed by atoms with Gasteiger partial charge in [0.25, 0.3) is 0 Å². The van der Waals surface area contributed by atoms with Crippen LogP contribution in [-0.4, -0.2) is 19.5 Å². The molecule has 0 bridgehead atoms. The third-order valence-electron chi connectivity index (χ3n) is 2.09. The highest BCUT2D eigenvalue weighted by Gasteiger charge is 2.49. The first-order chi connectivity index (χ1) is 7.80. The molecule has 17 heavy (non-hydrogen) atoms. The van der Waals surface area contributed by atoms with E-state index in [2.05, 4.69) is 15.9 Å². The van der Waals surface area contributed by atoms with E-state index >= 15 is 0 Å². The van der Waals surface area contributed by atoms with E-state index in [1.165, 1.54) is 25.3 Å². The summed E-state index contributed by atoms with van der Waals surface area (Å²) < 4.78 is 55.9. The van der Waals surface area contributed by atoms with Crippen LogP contribution < -0.4 is 4.74 Å². The van der Waals surface area contributed by atoms with Gasteiger partial charge in [0, 0.05) is 10.0 Å². The molecule has 0 saturated carbocycles. The lowest BCUT2D eigenvalue weighted by Gasteiger charge is -2.22. The smallest absolute Gasteiger partial charge is 0.327 e. The van der Waals surface area contributed by atoms with E-state index in [0.717, 1.165) is 0 Å². The van der Waals surface area contributed by atoms with Crippen LogP contribution in [0.2, 0.25) is 0 Å². The molecule has 1 aromatic carbocycles. The molecule has 1 aromatic rings. The van der Waals surface area contributed by atoms with Crippen molar-refractivity contribution >= 4 is 27.5 Å². The molecule has 0 radical (unpaired) electrons. The fourth-order valence-electron chi connectivity index (χ4n) is 1.22. The SMILES string of the molecule is COc1ccc(Br)cc1C(Cl)C(F)(F)C(F)F. The molecule has 1 atom stereocenters. The van der Waals surface area contributed by atoms with Crippen LogP contribution in [0.5, 0.6) is 5.75 Å². The van der Waals surface area contributed by atoms with Crippen molar-refractivity contribution in [1.82, 2.24) is 0 Å². The van der Waals surface area contributed by atoms with Crippen molar-refractivity contribution < 1.29 is 22.3 Å². The number of halogens is 6. The van der Waals surface area contributed by atoms with E-state index in [9.17, 15) is 17.6 Å². The molecular formula is C10H8BrClF4O. The Hall–Kier alpha value is -0.490. The summed E-state index contributed by atoms with van der Waals surface area (Å²) in [4.78, 5) is 0. The van der Waals surface area contributed by atoms with Gasteiger partial charge in [0.05, 0.1) is 7.11 Å². The van der Waals surface area contributed by atoms with Crippen molar-refractivity contribution in [3.8, 4) is 5.75 Å². The molecule has 1 rings (SSSR count). The van der Waals surface area contributed by atoms with E-state index in [1.807, 2.05) is 0 Å². The summed E-state index contributed by atoms with van der Waals surface area (Å²) in [6, 6.07) is 4.13. The summed E-state index contributed by atoms with van der Waals surface area (Å²) >= 11 is 8.47. The fourth-order valence-corrected chi connectivity index (χ4v) is 1.87. The topological polar surface area (TPSA) is 9.23 Å². The number of rotatable bonds is 4. The van der Waals surface area contributed by atoms with Crippen LogP contribution in [0.15, 0.2) is 22.7 Å². The van der Waals surface area contributed by atoms with Crippen LogP contribution in [0, 0.1) is 0 Å². The van der Waals surface area contributed by atoms with Crippen molar-refractivity contribution in [2.45, 2.75) is 17.7 Å². The monoisotopic (exact) mass is 334 g/mol. The first kappa shape index (κ1) is 14.6. The summed E-state index contributed by atoms with van der Waals surface area (Å²) in [5.74, 6) is -4.29. The van der Waals surface area contributed by atoms with Gasteiger partial charge < -0.3 is 4.74 Å². The van der Waals surface area contributed by atoms with Crippen LogP contribution in [0.3, 0.4) is 0 Å². The van der Waals surface area contributed by atoms with Gasteiger partial charge >= 0.3 is 12.3 Å². The number of alkyl halides is 5. The Morgan fingerprint density at radius 1 is 1.35 bits per heavy atom. The Bertz CT molecular complexity index is 400. The molecule has 0 aliphatic heterocycles. The maximum absolute atomic E-state index is 13.1. The van der Waals surface area contributed by atoms with Crippen molar-refractivity contribution in [3.05, 3.63) is 28.2 Å². The zero-order valence-electron chi connectivity index (χ0n) is 8.56. The fraction of sp³-hybridized carbons (Fsp3) is 0.400. The summed E-state index contributed by atoms with van der Waals surface area (Å²) in [6.45, 7) is 0. The van der Waals surface area contributed by atoms with E-state index in [0.29, 0.717) is 4.47 Å². The molecule has 0 amide bonds. The number of hydrogen-bond donors (Lipinski definition) is 0. The largest absolute Gasteiger partial charge is 0.496 e. The van der Waals surface area contributed by atoms with Crippen LogP contribution >= 0.6 is 27.5 Å². The van der Waals surface area contributed by atoms with E-state index in [1.54, 1.807) is 0 Å². The van der Waals surface area contributed by atoms with E-state index < -0.39 is 17.7 Å². The molecule has 0 aromatic heterocycles. The van der Waals surface area contributed by atoms with Crippen LogP contribution in [0.1, 0.15) is 10.9 Å². The normalized spacial score (nSPS) is 13.9. The second-order valence-corrected chi connectivity index (χ2v) is 4.58. The number of methoxy groups -OCH3 is 1. The quantitative estimate of drug-likeness (QED) is 0.575. The molecule has 1 unspecified atom stereocenters. The Balaban J connectivity index is 3.19. The van der Waals surface area contributed by atoms with Crippen molar-refractivity contribution in [3.63, 3.8) is 0 Å². The van der Waals surface area contributed by atoms with E-state index in [4.69, 9.17) is 16.3 Å². The third-order valence-corrected chi connectivity index (χ3v) is 3.11. The summed E-state index contributed by atoms with van der Waals surface area (Å²) in [5.41, 5.74) is -0.186. The summed E-state index contributed by atoms with van der Waals surface area (Å²) in [6.07, 6.45) is -3.84. The molecule has 1 nitrogen and oxygen atoms in total. The first-order valence-corrected chi connectivity index (χ1v) is 5.67. The minimum absolute atomic E-state index is 0.0357. The van der Waals surface area contributed by atoms with Gasteiger partial charge in [0.1, 0.15) is 11.1 Å². The van der Waals surface area contributed by atoms with Gasteiger partial charge in [-0.2, -0.15) is 8.78 Å². The van der Waals surface area contributed by atoms with Gasteiger partial charge in [-0.1, -0.05) is 15.9 Å². The second-order valence-electron chi connectivity index (χ2n) is 3.22. The zero-order valence-corrected chi connectivity index (χ0v) is 10.9.